The van der Waals surface area contributed by atoms with E-state index in [-0.39, 0.29) is 11.7 Å². The Hall–Kier alpha value is 1.18. The molecule has 0 amide bonds. The van der Waals surface area contributed by atoms with Gasteiger partial charge >= 0.3 is 94.2 Å². The second-order valence-corrected chi connectivity index (χ2v) is 6.78. The fourth-order valence-corrected chi connectivity index (χ4v) is 3.79. The summed E-state index contributed by atoms with van der Waals surface area (Å²) in [5, 5.41) is 0. The van der Waals surface area contributed by atoms with Crippen LogP contribution in [0.3, 0.4) is 0 Å². The van der Waals surface area contributed by atoms with Crippen molar-refractivity contribution in [3.05, 3.63) is 0 Å². The minimum atomic E-state index is -2.82. The van der Waals surface area contributed by atoms with Gasteiger partial charge < -0.3 is 0 Å². The molecule has 0 aliphatic heterocycles. The van der Waals surface area contributed by atoms with E-state index < -0.39 is 7.94 Å². The zero-order chi connectivity index (χ0) is 10.3. The first-order chi connectivity index (χ1) is 6.13. The van der Waals surface area contributed by atoms with Gasteiger partial charge in [-0.1, -0.05) is 0 Å². The average Bonchev–Trinajstić information content (AvgIpc) is 2.12. The van der Waals surface area contributed by atoms with E-state index in [0.717, 1.165) is 0 Å². The van der Waals surface area contributed by atoms with Crippen molar-refractivity contribution in [2.75, 3.05) is 18.6 Å². The molecule has 13 heavy (non-hydrogen) atoms. The molecule has 0 aromatic rings. The van der Waals surface area contributed by atoms with E-state index in [1.165, 1.54) is 0 Å². The van der Waals surface area contributed by atoms with Crippen molar-refractivity contribution < 1.29 is 13.1 Å². The van der Waals surface area contributed by atoms with Gasteiger partial charge in [-0.25, -0.2) is 0 Å². The molecule has 7 heteroatoms. The van der Waals surface area contributed by atoms with Crippen LogP contribution in [0, 0.1) is 0 Å². The summed E-state index contributed by atoms with van der Waals surface area (Å²) >= 11 is 16.3. The van der Waals surface area contributed by atoms with E-state index in [1.54, 1.807) is 0 Å². The van der Waals surface area contributed by atoms with Crippen LogP contribution in [-0.2, 0) is 13.1 Å². The van der Waals surface area contributed by atoms with E-state index in [9.17, 15) is 0 Å². The first-order valence-electron chi connectivity index (χ1n) is 3.82. The zero-order valence-corrected chi connectivity index (χ0v) is 10.8. The van der Waals surface area contributed by atoms with Crippen LogP contribution in [0.15, 0.2) is 0 Å². The van der Waals surface area contributed by atoms with E-state index in [0.29, 0.717) is 12.5 Å². The SMILES string of the molecule is CC(C)[PH](OCl)(OCCl)OCCCl. The third-order valence-electron chi connectivity index (χ3n) is 1.45. The molecule has 0 spiro atoms. The maximum absolute atomic E-state index is 5.48. The van der Waals surface area contributed by atoms with Crippen molar-refractivity contribution in [3.8, 4) is 0 Å². The Morgan fingerprint density at radius 2 is 1.85 bits per heavy atom. The van der Waals surface area contributed by atoms with Crippen LogP contribution < -0.4 is 0 Å². The van der Waals surface area contributed by atoms with Crippen molar-refractivity contribution in [1.29, 1.82) is 0 Å². The predicted octanol–water partition coefficient (Wildman–Crippen LogP) is 3.53. The van der Waals surface area contributed by atoms with Crippen LogP contribution in [0.2, 0.25) is 0 Å². The first-order valence-corrected chi connectivity index (χ1v) is 7.00. The van der Waals surface area contributed by atoms with Crippen molar-refractivity contribution in [1.82, 2.24) is 0 Å². The van der Waals surface area contributed by atoms with Crippen molar-refractivity contribution in [2.24, 2.45) is 0 Å². The van der Waals surface area contributed by atoms with E-state index >= 15 is 0 Å². The molecule has 0 aliphatic carbocycles. The van der Waals surface area contributed by atoms with Gasteiger partial charge in [-0.2, -0.15) is 0 Å². The van der Waals surface area contributed by atoms with Gasteiger partial charge in [0.05, 0.1) is 0 Å². The topological polar surface area (TPSA) is 27.7 Å². The maximum atomic E-state index is 5.48. The molecule has 0 aromatic carbocycles. The van der Waals surface area contributed by atoms with Gasteiger partial charge in [-0.05, 0) is 0 Å². The summed E-state index contributed by atoms with van der Waals surface area (Å²) in [6, 6.07) is -0.000587. The number of rotatable bonds is 7. The quantitative estimate of drug-likeness (QED) is 0.524. The number of alkyl halides is 2. The summed E-state index contributed by atoms with van der Waals surface area (Å²) in [5.41, 5.74) is 0.0481. The van der Waals surface area contributed by atoms with Crippen molar-refractivity contribution >= 4 is 43.0 Å². The van der Waals surface area contributed by atoms with E-state index in [2.05, 4.69) is 0 Å². The summed E-state index contributed by atoms with van der Waals surface area (Å²) in [5.74, 6) is 0.368. The first kappa shape index (κ1) is 14.2. The molecule has 0 radical (unpaired) electrons. The number of hydrogen-bond acceptors (Lipinski definition) is 3. The molecular weight excluding hydrogens is 257 g/mol. The summed E-state index contributed by atoms with van der Waals surface area (Å²) in [6.07, 6.45) is 0. The van der Waals surface area contributed by atoms with Crippen LogP contribution in [-0.4, -0.2) is 24.2 Å². The Morgan fingerprint density at radius 3 is 2.15 bits per heavy atom. The molecule has 82 valence electrons. The summed E-state index contributed by atoms with van der Waals surface area (Å²) in [6.45, 7) is 4.14. The van der Waals surface area contributed by atoms with E-state index in [1.807, 2.05) is 13.8 Å². The molecule has 0 bridgehead atoms. The fraction of sp³-hybridized carbons (Fsp3) is 1.00. The van der Waals surface area contributed by atoms with Gasteiger partial charge in [-0.15, -0.1) is 0 Å². The van der Waals surface area contributed by atoms with E-state index in [4.69, 9.17) is 48.2 Å². The third-order valence-corrected chi connectivity index (χ3v) is 5.32. The Morgan fingerprint density at radius 1 is 1.23 bits per heavy atom. The molecule has 0 fully saturated rings. The molecular formula is C6H14Cl3O3P. The summed E-state index contributed by atoms with van der Waals surface area (Å²) in [4.78, 5) is 0. The fourth-order valence-electron chi connectivity index (χ4n) is 0.766. The van der Waals surface area contributed by atoms with Gasteiger partial charge in [0.2, 0.25) is 0 Å². The Balaban J connectivity index is 4.26. The second-order valence-electron chi connectivity index (χ2n) is 2.63. The monoisotopic (exact) mass is 270 g/mol. The molecule has 0 saturated heterocycles. The average molecular weight is 272 g/mol. The van der Waals surface area contributed by atoms with Crippen LogP contribution >= 0.6 is 43.0 Å². The molecule has 0 rings (SSSR count). The molecule has 0 N–H and O–H groups in total. The summed E-state index contributed by atoms with van der Waals surface area (Å²) in [7, 11) is -2.82. The number of hydrogen-bond donors (Lipinski definition) is 0. The molecule has 0 heterocycles. The van der Waals surface area contributed by atoms with Crippen LogP contribution in [0.1, 0.15) is 13.8 Å². The minimum absolute atomic E-state index is 0.000587. The molecule has 0 aromatic heterocycles. The second kappa shape index (κ2) is 7.47. The Labute approximate surface area is 94.3 Å². The van der Waals surface area contributed by atoms with Gasteiger partial charge in [0.25, 0.3) is 0 Å². The van der Waals surface area contributed by atoms with Crippen molar-refractivity contribution in [3.63, 3.8) is 0 Å². The van der Waals surface area contributed by atoms with Crippen molar-refractivity contribution in [2.45, 2.75) is 19.5 Å². The zero-order valence-electron chi connectivity index (χ0n) is 7.56. The van der Waals surface area contributed by atoms with Gasteiger partial charge in [0.1, 0.15) is 0 Å². The molecule has 0 unspecified atom stereocenters. The van der Waals surface area contributed by atoms with Crippen LogP contribution in [0.5, 0.6) is 0 Å². The van der Waals surface area contributed by atoms with Crippen LogP contribution in [0.4, 0.5) is 0 Å². The van der Waals surface area contributed by atoms with Gasteiger partial charge in [0.15, 0.2) is 0 Å². The Kier molecular flexibility index (Phi) is 8.15. The molecule has 0 saturated carbocycles. The standard InChI is InChI=1S/C6H14Cl3O3P/c1-6(2)13(12-9,11-5-8)10-4-3-7/h6,13H,3-5H2,1-2H3. The Bertz CT molecular complexity index is 138. The van der Waals surface area contributed by atoms with Gasteiger partial charge in [0, 0.05) is 0 Å². The molecule has 3 nitrogen and oxygen atoms in total. The number of halogens is 3. The molecule has 0 aliphatic rings. The molecule has 0 atom stereocenters. The predicted molar refractivity (Wildman–Crippen MR) is 58.9 cm³/mol. The van der Waals surface area contributed by atoms with Crippen LogP contribution in [0.25, 0.3) is 0 Å². The normalized spacial score (nSPS) is 13.7. The third kappa shape index (κ3) is 4.48. The summed E-state index contributed by atoms with van der Waals surface area (Å²) < 4.78 is 15.4. The van der Waals surface area contributed by atoms with Gasteiger partial charge in [-0.3, -0.25) is 0 Å².